The van der Waals surface area contributed by atoms with E-state index in [9.17, 15) is 4.39 Å². The molecule has 0 spiro atoms. The van der Waals surface area contributed by atoms with Crippen molar-refractivity contribution in [2.45, 2.75) is 19.9 Å². The summed E-state index contributed by atoms with van der Waals surface area (Å²) >= 11 is 0. The molecule has 0 amide bonds. The fourth-order valence-electron chi connectivity index (χ4n) is 1.73. The topological polar surface area (TPSA) is 28.2 Å². The SMILES string of the molecule is C=CCN(CCC)c1nccc(CNC)c1F. The number of aromatic nitrogens is 1. The van der Waals surface area contributed by atoms with Gasteiger partial charge in [0, 0.05) is 31.4 Å². The lowest BCUT2D eigenvalue weighted by molar-refractivity contribution is 0.586. The normalized spacial score (nSPS) is 10.3. The molecule has 0 bridgehead atoms. The Morgan fingerprint density at radius 1 is 1.59 bits per heavy atom. The summed E-state index contributed by atoms with van der Waals surface area (Å²) in [5, 5.41) is 2.95. The molecule has 1 N–H and O–H groups in total. The first-order valence-corrected chi connectivity index (χ1v) is 5.88. The molecule has 17 heavy (non-hydrogen) atoms. The van der Waals surface area contributed by atoms with E-state index in [2.05, 4.69) is 23.8 Å². The van der Waals surface area contributed by atoms with Crippen molar-refractivity contribution in [3.8, 4) is 0 Å². The summed E-state index contributed by atoms with van der Waals surface area (Å²) in [5.41, 5.74) is 0.641. The largest absolute Gasteiger partial charge is 0.350 e. The number of hydrogen-bond acceptors (Lipinski definition) is 3. The van der Waals surface area contributed by atoms with Gasteiger partial charge in [-0.1, -0.05) is 13.0 Å². The first kappa shape index (κ1) is 13.6. The van der Waals surface area contributed by atoms with Crippen LogP contribution in [0.1, 0.15) is 18.9 Å². The lowest BCUT2D eigenvalue weighted by Crippen LogP contribution is -2.26. The standard InChI is InChI=1S/C13H20FN3/c1-4-8-17(9-5-2)13-12(14)11(10-15-3)6-7-16-13/h4,6-7,15H,1,5,8-10H2,2-3H3. The third kappa shape index (κ3) is 3.53. The Labute approximate surface area is 102 Å². The summed E-state index contributed by atoms with van der Waals surface area (Å²) < 4.78 is 14.2. The van der Waals surface area contributed by atoms with E-state index < -0.39 is 0 Å². The minimum Gasteiger partial charge on any atom is -0.350 e. The van der Waals surface area contributed by atoms with Crippen molar-refractivity contribution in [1.29, 1.82) is 0 Å². The maximum atomic E-state index is 14.2. The molecule has 0 atom stereocenters. The van der Waals surface area contributed by atoms with Crippen LogP contribution in [0.2, 0.25) is 0 Å². The highest BCUT2D eigenvalue weighted by molar-refractivity contribution is 5.43. The van der Waals surface area contributed by atoms with Gasteiger partial charge in [-0.15, -0.1) is 6.58 Å². The predicted octanol–water partition coefficient (Wildman–Crippen LogP) is 2.34. The van der Waals surface area contributed by atoms with E-state index in [0.29, 0.717) is 24.5 Å². The van der Waals surface area contributed by atoms with Gasteiger partial charge < -0.3 is 10.2 Å². The van der Waals surface area contributed by atoms with E-state index in [-0.39, 0.29) is 5.82 Å². The van der Waals surface area contributed by atoms with Crippen LogP contribution < -0.4 is 10.2 Å². The molecular formula is C13H20FN3. The van der Waals surface area contributed by atoms with Gasteiger partial charge in [-0.05, 0) is 19.5 Å². The smallest absolute Gasteiger partial charge is 0.170 e. The maximum absolute atomic E-state index is 14.2. The van der Waals surface area contributed by atoms with E-state index in [0.717, 1.165) is 13.0 Å². The van der Waals surface area contributed by atoms with Gasteiger partial charge in [0.05, 0.1) is 0 Å². The molecule has 0 aliphatic heterocycles. The minimum atomic E-state index is -0.239. The van der Waals surface area contributed by atoms with Gasteiger partial charge >= 0.3 is 0 Å². The summed E-state index contributed by atoms with van der Waals surface area (Å²) in [6, 6.07) is 1.70. The fraction of sp³-hybridized carbons (Fsp3) is 0.462. The summed E-state index contributed by atoms with van der Waals surface area (Å²) in [4.78, 5) is 6.04. The van der Waals surface area contributed by atoms with Gasteiger partial charge in [-0.25, -0.2) is 9.37 Å². The fourth-order valence-corrected chi connectivity index (χ4v) is 1.73. The molecule has 1 aromatic heterocycles. The molecule has 0 fully saturated rings. The molecule has 0 aliphatic carbocycles. The van der Waals surface area contributed by atoms with Crippen molar-refractivity contribution in [3.05, 3.63) is 36.3 Å². The Balaban J connectivity index is 3.00. The molecular weight excluding hydrogens is 217 g/mol. The van der Waals surface area contributed by atoms with Crippen LogP contribution >= 0.6 is 0 Å². The molecule has 94 valence electrons. The van der Waals surface area contributed by atoms with Gasteiger partial charge in [-0.3, -0.25) is 0 Å². The highest BCUT2D eigenvalue weighted by atomic mass is 19.1. The highest BCUT2D eigenvalue weighted by Gasteiger charge is 2.14. The van der Waals surface area contributed by atoms with Gasteiger partial charge in [0.1, 0.15) is 0 Å². The van der Waals surface area contributed by atoms with Crippen LogP contribution in [-0.2, 0) is 6.54 Å². The van der Waals surface area contributed by atoms with Crippen LogP contribution in [0.4, 0.5) is 10.2 Å². The molecule has 0 saturated heterocycles. The number of hydrogen-bond donors (Lipinski definition) is 1. The van der Waals surface area contributed by atoms with Crippen LogP contribution in [0.25, 0.3) is 0 Å². The van der Waals surface area contributed by atoms with Crippen LogP contribution in [-0.4, -0.2) is 25.1 Å². The Bertz CT molecular complexity index is 366. The number of rotatable bonds is 7. The molecule has 3 nitrogen and oxygen atoms in total. The number of pyridine rings is 1. The number of halogens is 1. The van der Waals surface area contributed by atoms with Gasteiger partial charge in [-0.2, -0.15) is 0 Å². The maximum Gasteiger partial charge on any atom is 0.170 e. The van der Waals surface area contributed by atoms with E-state index in [1.54, 1.807) is 25.4 Å². The number of nitrogens with zero attached hydrogens (tertiary/aromatic N) is 2. The molecule has 1 rings (SSSR count). The van der Waals surface area contributed by atoms with Gasteiger partial charge in [0.15, 0.2) is 11.6 Å². The Hall–Kier alpha value is -1.42. The first-order chi connectivity index (χ1) is 8.24. The second-order valence-electron chi connectivity index (χ2n) is 3.87. The van der Waals surface area contributed by atoms with Gasteiger partial charge in [0.2, 0.25) is 0 Å². The van der Waals surface area contributed by atoms with Crippen LogP contribution in [0.3, 0.4) is 0 Å². The minimum absolute atomic E-state index is 0.239. The quantitative estimate of drug-likeness (QED) is 0.738. The lowest BCUT2D eigenvalue weighted by atomic mass is 10.2. The zero-order valence-corrected chi connectivity index (χ0v) is 10.5. The molecule has 4 heteroatoms. The molecule has 0 aliphatic rings. The summed E-state index contributed by atoms with van der Waals surface area (Å²) in [6.45, 7) is 7.65. The summed E-state index contributed by atoms with van der Waals surface area (Å²) in [6.07, 6.45) is 4.36. The van der Waals surface area contributed by atoms with E-state index >= 15 is 0 Å². The van der Waals surface area contributed by atoms with E-state index in [1.807, 2.05) is 4.90 Å². The summed E-state index contributed by atoms with van der Waals surface area (Å²) in [5.74, 6) is 0.177. The van der Waals surface area contributed by atoms with E-state index in [1.165, 1.54) is 0 Å². The number of nitrogens with one attached hydrogen (secondary N) is 1. The van der Waals surface area contributed by atoms with Crippen molar-refractivity contribution >= 4 is 5.82 Å². The van der Waals surface area contributed by atoms with Crippen molar-refractivity contribution in [2.24, 2.45) is 0 Å². The Kier molecular flexibility index (Phi) is 5.63. The lowest BCUT2D eigenvalue weighted by Gasteiger charge is -2.22. The van der Waals surface area contributed by atoms with Crippen LogP contribution in [0.5, 0.6) is 0 Å². The van der Waals surface area contributed by atoms with Crippen LogP contribution in [0, 0.1) is 5.82 Å². The van der Waals surface area contributed by atoms with Gasteiger partial charge in [0.25, 0.3) is 0 Å². The van der Waals surface area contributed by atoms with Crippen molar-refractivity contribution < 1.29 is 4.39 Å². The Morgan fingerprint density at radius 3 is 2.94 bits per heavy atom. The molecule has 0 radical (unpaired) electrons. The number of anilines is 1. The van der Waals surface area contributed by atoms with E-state index in [4.69, 9.17) is 0 Å². The molecule has 1 heterocycles. The second kappa shape index (κ2) is 7.01. The summed E-state index contributed by atoms with van der Waals surface area (Å²) in [7, 11) is 1.80. The monoisotopic (exact) mass is 237 g/mol. The van der Waals surface area contributed by atoms with Crippen LogP contribution in [0.15, 0.2) is 24.9 Å². The Morgan fingerprint density at radius 2 is 2.35 bits per heavy atom. The predicted molar refractivity (Wildman–Crippen MR) is 69.7 cm³/mol. The highest BCUT2D eigenvalue weighted by Crippen LogP contribution is 2.19. The average molecular weight is 237 g/mol. The third-order valence-corrected chi connectivity index (χ3v) is 2.46. The average Bonchev–Trinajstić information content (AvgIpc) is 2.32. The molecule has 1 aromatic rings. The third-order valence-electron chi connectivity index (χ3n) is 2.46. The van der Waals surface area contributed by atoms with Crippen molar-refractivity contribution in [1.82, 2.24) is 10.3 Å². The molecule has 0 unspecified atom stereocenters. The first-order valence-electron chi connectivity index (χ1n) is 5.88. The second-order valence-corrected chi connectivity index (χ2v) is 3.87. The van der Waals surface area contributed by atoms with Crippen molar-refractivity contribution in [3.63, 3.8) is 0 Å². The van der Waals surface area contributed by atoms with Crippen molar-refractivity contribution in [2.75, 3.05) is 25.0 Å². The molecule has 0 saturated carbocycles. The molecule has 0 aromatic carbocycles. The zero-order valence-electron chi connectivity index (χ0n) is 10.5. The zero-order chi connectivity index (χ0) is 12.7.